The van der Waals surface area contributed by atoms with E-state index in [0.29, 0.717) is 9.80 Å². The van der Waals surface area contributed by atoms with Crippen LogP contribution in [0.5, 0.6) is 46.0 Å². The molecule has 120 heavy (non-hydrogen) atoms. The molecule has 0 aliphatic carbocycles. The average Bonchev–Trinajstić information content (AvgIpc) is 0.656. The number of hydrogen-bond acceptors (Lipinski definition) is 24. The molecule has 24 heteroatoms. The highest BCUT2D eigenvalue weighted by Crippen LogP contribution is 2.50. The predicted octanol–water partition coefficient (Wildman–Crippen LogP) is 14.3. The van der Waals surface area contributed by atoms with Gasteiger partial charge in [0.1, 0.15) is 48.5 Å². The highest BCUT2D eigenvalue weighted by Gasteiger charge is 2.47. The lowest BCUT2D eigenvalue weighted by molar-refractivity contribution is -0.161. The first-order valence-electron chi connectivity index (χ1n) is 61.4. The Bertz CT molecular complexity index is 6150. The Morgan fingerprint density at radius 3 is 1.00 bits per heavy atom. The van der Waals surface area contributed by atoms with Gasteiger partial charge in [-0.25, -0.2) is 0 Å². The summed E-state index contributed by atoms with van der Waals surface area (Å²) < 4.78 is 437. The number of carbonyl (C=O) groups excluding carboxylic acids is 4. The zero-order chi connectivity index (χ0) is 125. The van der Waals surface area contributed by atoms with Crippen LogP contribution in [0.1, 0.15) is 288 Å². The van der Waals surface area contributed by atoms with E-state index in [2.05, 4.69) is 0 Å². The van der Waals surface area contributed by atoms with Gasteiger partial charge in [-0.2, -0.15) is 0 Å². The summed E-state index contributed by atoms with van der Waals surface area (Å²) in [6.07, 6.45) is -31.1. The number of carbonyl (C=O) groups is 4. The standard InChI is InChI=1S/4C24H38N2O4/c4*1-14(2)9-17-13-26-8-7-16-10-21(28-5)22(29-6)11-18(16)19(26)12-20(17)30-24(27)23(25)15(3)4/h4*10-11,14-15,17,19-20,23H,7-9,12-13,25H2,1-6H3/t4*17?,19?,20?,23-/m0000/s1/i5D3,10D,11D,12D2,13D2,17D,19D,20D;10D,11D,12D2,13D2,17D,19D,20D;5D3,7D2,8D2,12D2,13D2,17D;7D2,8D2,12D2,13D2,17D. The average molecular weight is 1720 g/mol. The summed E-state index contributed by atoms with van der Waals surface area (Å²) >= 11 is 0. The molecule has 0 radical (unpaired) electrons. The molecule has 12 rings (SSSR count). The van der Waals surface area contributed by atoms with E-state index < -0.39 is 331 Å². The third-order valence-corrected chi connectivity index (χ3v) is 20.3. The number of nitrogens with two attached hydrogens (primary N) is 4. The molecular formula is C96H152N8O16. The van der Waals surface area contributed by atoms with Gasteiger partial charge in [0.25, 0.3) is 0 Å². The van der Waals surface area contributed by atoms with Crippen LogP contribution in [-0.4, -0.2) is 201 Å². The Balaban J connectivity index is 0.000000238. The Hall–Kier alpha value is -7.16. The van der Waals surface area contributed by atoms with Crippen molar-refractivity contribution in [1.29, 1.82) is 0 Å². The van der Waals surface area contributed by atoms with Gasteiger partial charge in [-0.1, -0.05) is 111 Å². The van der Waals surface area contributed by atoms with E-state index in [9.17, 15) is 41.1 Å². The second kappa shape index (κ2) is 43.9. The van der Waals surface area contributed by atoms with Gasteiger partial charge < -0.3 is 79.8 Å². The van der Waals surface area contributed by atoms with Crippen LogP contribution in [0.2, 0.25) is 0 Å². The van der Waals surface area contributed by atoms with E-state index in [1.54, 1.807) is 111 Å². The molecule has 0 aromatic heterocycles. The lowest BCUT2D eigenvalue weighted by Crippen LogP contribution is -2.51. The summed E-state index contributed by atoms with van der Waals surface area (Å²) in [6.45, 7) is 6.94. The molecule has 24 nitrogen and oxygen atoms in total. The van der Waals surface area contributed by atoms with Gasteiger partial charge in [-0.15, -0.1) is 0 Å². The number of aryl methyl sites for hydroxylation is 2. The Morgan fingerprint density at radius 1 is 0.383 bits per heavy atom. The minimum Gasteiger partial charge on any atom is -0.493 e. The first kappa shape index (κ1) is 53.2. The SMILES string of the molecule is [2H]C([2H])([2H])Oc1cc2c(cc1OC)C1N(C([2H])([2H])C2([2H])[2H])C([2H])([2H])C([2H])(CC(C)C)C(OC(=O)[C@@H](N)C(C)C)C1([2H])[2H].[2H]C1([2H])C2c3cc(OC)c(OC)cc3C([2H])([2H])C([2H])([2H])N2C([2H])([2H])C([2H])(CC(C)C)C1OC(=O)[C@@H](N)C(C)C.[2H]c1c2c(c([2H])c(OC)c1OC([2H])([2H])[2H])C1([2H])N(CC2)C([2H])([2H])C([2H])(CC(C)C)C([2H])(OC(=O)[C@@H](N)C(C)C)C1([2H])[2H].[2H]c1c2c(c([2H])c(OC)c1OC)C1([2H])N(CC2)C([2H])([2H])C([2H])(CC(C)C)C([2H])(OC(=O)[C@@H](N)C(C)C)C1([2H])[2H]. The largest absolute Gasteiger partial charge is 0.493 e. The minimum atomic E-state index is -3.44. The molecule has 8 heterocycles. The number of fused-ring (bicyclic) bond motifs is 12. The number of piperidine rings is 4. The fourth-order valence-corrected chi connectivity index (χ4v) is 13.4. The Morgan fingerprint density at radius 2 is 0.675 bits per heavy atom. The minimum absolute atomic E-state index is 0.0532. The van der Waals surface area contributed by atoms with Crippen molar-refractivity contribution in [2.24, 2.45) is 93.9 Å². The first-order valence-corrected chi connectivity index (χ1v) is 40.4. The zero-order valence-electron chi connectivity index (χ0n) is 115. The number of rotatable bonds is 28. The number of benzene rings is 4. The van der Waals surface area contributed by atoms with Gasteiger partial charge in [0, 0.05) is 164 Å². The number of nitrogens with zero attached hydrogens (tertiary/aromatic N) is 4. The fourth-order valence-electron chi connectivity index (χ4n) is 13.4. The van der Waals surface area contributed by atoms with Gasteiger partial charge in [0.05, 0.1) is 75.9 Å². The number of esters is 4. The van der Waals surface area contributed by atoms with Crippen LogP contribution in [0.15, 0.2) is 48.4 Å². The summed E-state index contributed by atoms with van der Waals surface area (Å²) in [5.41, 5.74) is 21.5. The maximum atomic E-state index is 13.2. The molecule has 12 unspecified atom stereocenters. The van der Waals surface area contributed by atoms with Crippen molar-refractivity contribution in [2.75, 3.05) is 109 Å². The Kier molecular flexibility index (Phi) is 19.5. The molecular weight excluding hydrogens is 1520 g/mol. The third kappa shape index (κ3) is 23.8. The lowest BCUT2D eigenvalue weighted by atomic mass is 9.79. The van der Waals surface area contributed by atoms with Crippen LogP contribution in [0, 0.1) is 70.9 Å². The molecule has 8 aliphatic heterocycles. The molecule has 8 N–H and O–H groups in total. The molecule has 16 atom stereocenters. The number of hydrogen-bond donors (Lipinski definition) is 4. The van der Waals surface area contributed by atoms with E-state index in [0.717, 1.165) is 36.2 Å². The monoisotopic (exact) mass is 1720 g/mol. The van der Waals surface area contributed by atoms with Gasteiger partial charge in [-0.3, -0.25) is 38.8 Å². The van der Waals surface area contributed by atoms with Crippen LogP contribution >= 0.6 is 0 Å². The van der Waals surface area contributed by atoms with Crippen LogP contribution < -0.4 is 60.8 Å². The van der Waals surface area contributed by atoms with Crippen LogP contribution in [0.4, 0.5) is 0 Å². The summed E-state index contributed by atoms with van der Waals surface area (Å²) in [4.78, 5) is 54.8. The van der Waals surface area contributed by atoms with Crippen molar-refractivity contribution < 1.29 is 134 Å². The quantitative estimate of drug-likeness (QED) is 0.0303. The van der Waals surface area contributed by atoms with E-state index in [4.69, 9.17) is 115 Å². The van der Waals surface area contributed by atoms with Gasteiger partial charge in [0.15, 0.2) is 46.0 Å². The molecule has 4 fully saturated rings. The van der Waals surface area contributed by atoms with Crippen molar-refractivity contribution in [3.63, 3.8) is 0 Å². The van der Waals surface area contributed by atoms with E-state index in [1.165, 1.54) is 40.6 Å². The van der Waals surface area contributed by atoms with E-state index in [-0.39, 0.29) is 94.3 Å². The molecule has 4 aromatic rings. The highest BCUT2D eigenvalue weighted by atomic mass is 16.6. The van der Waals surface area contributed by atoms with Gasteiger partial charge in [-0.05, 0) is 192 Å². The fraction of sp³-hybridized carbons (Fsp3) is 0.708. The number of ether oxygens (including phenoxy) is 12. The van der Waals surface area contributed by atoms with E-state index >= 15 is 0 Å². The maximum absolute atomic E-state index is 13.2. The molecule has 8 aliphatic rings. The highest BCUT2D eigenvalue weighted by molar-refractivity contribution is 5.77. The zero-order valence-corrected chi connectivity index (χ0v) is 72.8. The summed E-state index contributed by atoms with van der Waals surface area (Å²) in [5, 5.41) is 0. The van der Waals surface area contributed by atoms with E-state index in [1.807, 2.05) is 0 Å². The van der Waals surface area contributed by atoms with Crippen molar-refractivity contribution in [1.82, 2.24) is 19.6 Å². The second-order valence-electron chi connectivity index (χ2n) is 32.9. The van der Waals surface area contributed by atoms with Crippen LogP contribution in [0.3, 0.4) is 0 Å². The van der Waals surface area contributed by atoms with Gasteiger partial charge in [0.2, 0.25) is 0 Å². The van der Waals surface area contributed by atoms with Crippen molar-refractivity contribution >= 4 is 23.9 Å². The molecule has 0 spiro atoms. The summed E-state index contributed by atoms with van der Waals surface area (Å²) in [5.74, 6) is -21.1. The first-order chi connectivity index (χ1) is 73.0. The third-order valence-electron chi connectivity index (χ3n) is 20.3. The number of methoxy groups -OCH3 is 8. The molecule has 0 bridgehead atoms. The smallest absolute Gasteiger partial charge is 0.323 e. The Labute approximate surface area is 777 Å². The molecule has 4 saturated heterocycles. The van der Waals surface area contributed by atoms with Crippen LogP contribution in [0.25, 0.3) is 0 Å². The van der Waals surface area contributed by atoms with Crippen molar-refractivity contribution in [3.8, 4) is 46.0 Å². The van der Waals surface area contributed by atoms with Crippen molar-refractivity contribution in [3.05, 3.63) is 92.9 Å². The second-order valence-corrected chi connectivity index (χ2v) is 32.9. The van der Waals surface area contributed by atoms with Gasteiger partial charge >= 0.3 is 23.9 Å². The predicted molar refractivity (Wildman–Crippen MR) is 471 cm³/mol. The van der Waals surface area contributed by atoms with Crippen LogP contribution in [-0.2, 0) is 63.7 Å². The van der Waals surface area contributed by atoms with Crippen molar-refractivity contribution in [2.45, 2.75) is 260 Å². The normalized spacial score (nSPS) is 40.2. The molecule has 0 saturated carbocycles. The summed E-state index contributed by atoms with van der Waals surface area (Å²) in [7, 11) is 1.29. The molecule has 672 valence electrons. The maximum Gasteiger partial charge on any atom is 0.323 e. The topological polar surface area (TPSA) is 296 Å². The molecule has 0 amide bonds. The lowest BCUT2D eigenvalue weighted by Gasteiger charge is -2.47. The summed E-state index contributed by atoms with van der Waals surface area (Å²) in [6, 6.07) is -12.5. The molecule has 4 aromatic carbocycles.